The first-order valence-electron chi connectivity index (χ1n) is 5.98. The summed E-state index contributed by atoms with van der Waals surface area (Å²) in [6, 6.07) is 0. The number of likely N-dealkylation sites (tertiary alicyclic amines) is 1. The number of hydrogen-bond acceptors (Lipinski definition) is 4. The first-order valence-corrected chi connectivity index (χ1v) is 5.98. The second-order valence-corrected chi connectivity index (χ2v) is 4.83. The van der Waals surface area contributed by atoms with Crippen LogP contribution in [0.25, 0.3) is 0 Å². The SMILES string of the molecule is CN1CCC(CN)(N2CCOCC2)CC1. The van der Waals surface area contributed by atoms with Gasteiger partial charge in [-0.05, 0) is 33.0 Å². The molecule has 0 radical (unpaired) electrons. The third kappa shape index (κ3) is 2.33. The van der Waals surface area contributed by atoms with E-state index in [9.17, 15) is 0 Å². The first-order chi connectivity index (χ1) is 7.27. The third-order valence-corrected chi connectivity index (χ3v) is 3.98. The van der Waals surface area contributed by atoms with E-state index >= 15 is 0 Å². The Morgan fingerprint density at radius 3 is 2.27 bits per heavy atom. The lowest BCUT2D eigenvalue weighted by Crippen LogP contribution is -2.61. The van der Waals surface area contributed by atoms with Crippen molar-refractivity contribution in [1.82, 2.24) is 9.80 Å². The second-order valence-electron chi connectivity index (χ2n) is 4.83. The van der Waals surface area contributed by atoms with Crippen LogP contribution in [0, 0.1) is 0 Å². The Balaban J connectivity index is 2.00. The van der Waals surface area contributed by atoms with E-state index < -0.39 is 0 Å². The van der Waals surface area contributed by atoms with Gasteiger partial charge in [-0.3, -0.25) is 4.90 Å². The molecule has 2 heterocycles. The van der Waals surface area contributed by atoms with Crippen LogP contribution in [-0.2, 0) is 4.74 Å². The summed E-state index contributed by atoms with van der Waals surface area (Å²) in [5, 5.41) is 0. The van der Waals surface area contributed by atoms with Gasteiger partial charge in [0.25, 0.3) is 0 Å². The zero-order valence-corrected chi connectivity index (χ0v) is 9.74. The summed E-state index contributed by atoms with van der Waals surface area (Å²) in [6.45, 7) is 7.00. The van der Waals surface area contributed by atoms with Crippen LogP contribution in [0.15, 0.2) is 0 Å². The average molecular weight is 213 g/mol. The fourth-order valence-corrected chi connectivity index (χ4v) is 2.72. The number of nitrogens with two attached hydrogens (primary N) is 1. The molecule has 2 saturated heterocycles. The van der Waals surface area contributed by atoms with E-state index in [1.807, 2.05) is 0 Å². The van der Waals surface area contributed by atoms with E-state index in [0.717, 1.165) is 32.8 Å². The lowest BCUT2D eigenvalue weighted by atomic mass is 9.85. The number of morpholine rings is 1. The molecule has 0 atom stereocenters. The Kier molecular flexibility index (Phi) is 3.61. The molecule has 0 bridgehead atoms. The molecular weight excluding hydrogens is 190 g/mol. The van der Waals surface area contributed by atoms with Crippen molar-refractivity contribution >= 4 is 0 Å². The van der Waals surface area contributed by atoms with Gasteiger partial charge in [-0.2, -0.15) is 0 Å². The first kappa shape index (κ1) is 11.3. The molecule has 0 aliphatic carbocycles. The van der Waals surface area contributed by atoms with Gasteiger partial charge in [0, 0.05) is 25.2 Å². The molecule has 2 rings (SSSR count). The van der Waals surface area contributed by atoms with E-state index in [4.69, 9.17) is 10.5 Å². The van der Waals surface area contributed by atoms with Gasteiger partial charge in [-0.15, -0.1) is 0 Å². The van der Waals surface area contributed by atoms with Crippen LogP contribution in [0.3, 0.4) is 0 Å². The zero-order valence-electron chi connectivity index (χ0n) is 9.74. The lowest BCUT2D eigenvalue weighted by Gasteiger charge is -2.49. The Labute approximate surface area is 92.4 Å². The van der Waals surface area contributed by atoms with Crippen LogP contribution < -0.4 is 5.73 Å². The van der Waals surface area contributed by atoms with Crippen LogP contribution in [0.4, 0.5) is 0 Å². The molecule has 0 saturated carbocycles. The van der Waals surface area contributed by atoms with Crippen molar-refractivity contribution in [2.24, 2.45) is 5.73 Å². The van der Waals surface area contributed by atoms with Crippen LogP contribution in [0.2, 0.25) is 0 Å². The topological polar surface area (TPSA) is 41.7 Å². The number of hydrogen-bond donors (Lipinski definition) is 1. The molecule has 0 spiro atoms. The van der Waals surface area contributed by atoms with Crippen LogP contribution in [0.1, 0.15) is 12.8 Å². The molecule has 0 aromatic rings. The average Bonchev–Trinajstić information content (AvgIpc) is 2.32. The summed E-state index contributed by atoms with van der Waals surface area (Å²) < 4.78 is 5.41. The minimum Gasteiger partial charge on any atom is -0.379 e. The zero-order chi connectivity index (χ0) is 10.7. The Morgan fingerprint density at radius 1 is 1.13 bits per heavy atom. The summed E-state index contributed by atoms with van der Waals surface area (Å²) in [7, 11) is 2.19. The largest absolute Gasteiger partial charge is 0.379 e. The van der Waals surface area contributed by atoms with Gasteiger partial charge in [-0.1, -0.05) is 0 Å². The highest BCUT2D eigenvalue weighted by molar-refractivity contribution is 4.96. The van der Waals surface area contributed by atoms with Crippen molar-refractivity contribution < 1.29 is 4.74 Å². The van der Waals surface area contributed by atoms with Gasteiger partial charge < -0.3 is 15.4 Å². The van der Waals surface area contributed by atoms with E-state index in [1.165, 1.54) is 25.9 Å². The number of nitrogens with zero attached hydrogens (tertiary/aromatic N) is 2. The van der Waals surface area contributed by atoms with Gasteiger partial charge >= 0.3 is 0 Å². The van der Waals surface area contributed by atoms with Crippen molar-refractivity contribution in [3.05, 3.63) is 0 Å². The summed E-state index contributed by atoms with van der Waals surface area (Å²) in [5.41, 5.74) is 6.27. The molecule has 0 aromatic heterocycles. The Bertz CT molecular complexity index is 196. The minimum atomic E-state index is 0.260. The summed E-state index contributed by atoms with van der Waals surface area (Å²) in [6.07, 6.45) is 2.42. The molecule has 0 amide bonds. The van der Waals surface area contributed by atoms with Crippen LogP contribution >= 0.6 is 0 Å². The number of ether oxygens (including phenoxy) is 1. The van der Waals surface area contributed by atoms with Gasteiger partial charge in [0.2, 0.25) is 0 Å². The minimum absolute atomic E-state index is 0.260. The highest BCUT2D eigenvalue weighted by Gasteiger charge is 2.38. The number of piperidine rings is 1. The monoisotopic (exact) mass is 213 g/mol. The maximum atomic E-state index is 6.01. The van der Waals surface area contributed by atoms with E-state index in [1.54, 1.807) is 0 Å². The lowest BCUT2D eigenvalue weighted by molar-refractivity contribution is -0.0413. The maximum absolute atomic E-state index is 6.01. The molecule has 0 unspecified atom stereocenters. The predicted octanol–water partition coefficient (Wildman–Crippen LogP) is -0.258. The van der Waals surface area contributed by atoms with E-state index in [0.29, 0.717) is 0 Å². The number of rotatable bonds is 2. The Morgan fingerprint density at radius 2 is 1.73 bits per heavy atom. The molecule has 15 heavy (non-hydrogen) atoms. The molecular formula is C11H23N3O. The highest BCUT2D eigenvalue weighted by Crippen LogP contribution is 2.28. The quantitative estimate of drug-likeness (QED) is 0.686. The molecule has 2 aliphatic rings. The molecule has 2 N–H and O–H groups in total. The Hall–Kier alpha value is -0.160. The summed E-state index contributed by atoms with van der Waals surface area (Å²) in [4.78, 5) is 4.96. The maximum Gasteiger partial charge on any atom is 0.0594 e. The van der Waals surface area contributed by atoms with Gasteiger partial charge in [-0.25, -0.2) is 0 Å². The normalized spacial score (nSPS) is 29.2. The van der Waals surface area contributed by atoms with Crippen molar-refractivity contribution in [2.75, 3.05) is 53.0 Å². The van der Waals surface area contributed by atoms with Crippen molar-refractivity contribution in [3.8, 4) is 0 Å². The smallest absolute Gasteiger partial charge is 0.0594 e. The molecule has 2 aliphatic heterocycles. The van der Waals surface area contributed by atoms with Gasteiger partial charge in [0.1, 0.15) is 0 Å². The third-order valence-electron chi connectivity index (χ3n) is 3.98. The second kappa shape index (κ2) is 4.78. The predicted molar refractivity (Wildman–Crippen MR) is 60.9 cm³/mol. The van der Waals surface area contributed by atoms with Crippen LogP contribution in [0.5, 0.6) is 0 Å². The molecule has 4 nitrogen and oxygen atoms in total. The molecule has 2 fully saturated rings. The molecule has 4 heteroatoms. The fourth-order valence-electron chi connectivity index (χ4n) is 2.72. The van der Waals surface area contributed by atoms with Crippen LogP contribution in [-0.4, -0.2) is 68.3 Å². The van der Waals surface area contributed by atoms with Gasteiger partial charge in [0.05, 0.1) is 13.2 Å². The fraction of sp³-hybridized carbons (Fsp3) is 1.00. The van der Waals surface area contributed by atoms with Crippen molar-refractivity contribution in [2.45, 2.75) is 18.4 Å². The highest BCUT2D eigenvalue weighted by atomic mass is 16.5. The summed E-state index contributed by atoms with van der Waals surface area (Å²) >= 11 is 0. The van der Waals surface area contributed by atoms with Gasteiger partial charge in [0.15, 0.2) is 0 Å². The van der Waals surface area contributed by atoms with Crippen molar-refractivity contribution in [1.29, 1.82) is 0 Å². The molecule has 0 aromatic carbocycles. The standard InChI is InChI=1S/C11H23N3O/c1-13-4-2-11(10-12,3-5-13)14-6-8-15-9-7-14/h2-10,12H2,1H3. The van der Waals surface area contributed by atoms with E-state index in [-0.39, 0.29) is 5.54 Å². The molecule has 88 valence electrons. The summed E-state index contributed by atoms with van der Waals surface area (Å²) in [5.74, 6) is 0. The van der Waals surface area contributed by atoms with E-state index in [2.05, 4.69) is 16.8 Å². The van der Waals surface area contributed by atoms with Crippen molar-refractivity contribution in [3.63, 3.8) is 0 Å².